The molecule has 3 aromatic rings. The smallest absolute Gasteiger partial charge is 0.261 e. The largest absolute Gasteiger partial charge is 0.366 e. The molecule has 6 nitrogen and oxygen atoms in total. The number of thiophene rings is 1. The summed E-state index contributed by atoms with van der Waals surface area (Å²) in [5.41, 5.74) is 8.32. The molecule has 0 radical (unpaired) electrons. The highest BCUT2D eigenvalue weighted by atomic mass is 32.1. The van der Waals surface area contributed by atoms with Gasteiger partial charge in [0.2, 0.25) is 5.95 Å². The van der Waals surface area contributed by atoms with Gasteiger partial charge < -0.3 is 11.1 Å². The third kappa shape index (κ3) is 3.51. The first-order valence-corrected chi connectivity index (χ1v) is 9.56. The van der Waals surface area contributed by atoms with Gasteiger partial charge in [0.15, 0.2) is 5.65 Å². The van der Waals surface area contributed by atoms with E-state index in [-0.39, 0.29) is 11.9 Å². The number of aromatic nitrogens is 3. The van der Waals surface area contributed by atoms with E-state index in [9.17, 15) is 4.79 Å². The van der Waals surface area contributed by atoms with E-state index in [2.05, 4.69) is 15.4 Å². The van der Waals surface area contributed by atoms with Gasteiger partial charge in [0.1, 0.15) is 0 Å². The Bertz CT molecular complexity index is 894. The highest BCUT2D eigenvalue weighted by molar-refractivity contribution is 7.12. The summed E-state index contributed by atoms with van der Waals surface area (Å²) in [6.45, 7) is 0.788. The summed E-state index contributed by atoms with van der Waals surface area (Å²) in [6.07, 6.45) is 8.26. The van der Waals surface area contributed by atoms with Crippen LogP contribution in [-0.4, -0.2) is 27.0 Å². The van der Waals surface area contributed by atoms with Crippen molar-refractivity contribution in [2.24, 2.45) is 5.92 Å². The molecular weight excluding hydrogens is 334 g/mol. The van der Waals surface area contributed by atoms with Crippen LogP contribution in [0.25, 0.3) is 16.8 Å². The van der Waals surface area contributed by atoms with Crippen LogP contribution in [0.3, 0.4) is 0 Å². The zero-order valence-corrected chi connectivity index (χ0v) is 14.8. The molecule has 3 aromatic heterocycles. The molecule has 0 aromatic carbocycles. The fourth-order valence-electron chi connectivity index (χ4n) is 3.39. The van der Waals surface area contributed by atoms with Crippen molar-refractivity contribution in [2.45, 2.75) is 32.1 Å². The van der Waals surface area contributed by atoms with Gasteiger partial charge in [-0.2, -0.15) is 4.98 Å². The summed E-state index contributed by atoms with van der Waals surface area (Å²) in [7, 11) is 0. The number of carbonyl (C=O) groups excluding carboxylic acids is 1. The Morgan fingerprint density at radius 1 is 1.28 bits per heavy atom. The second kappa shape index (κ2) is 6.84. The average molecular weight is 355 g/mol. The van der Waals surface area contributed by atoms with Gasteiger partial charge in [0, 0.05) is 18.3 Å². The number of rotatable bonds is 4. The SMILES string of the molecule is Nc1nc2ccc(-c3csc(C(=O)NCC4CCCCC4)c3)cn2n1. The van der Waals surface area contributed by atoms with E-state index in [0.717, 1.165) is 22.5 Å². The normalized spacial score (nSPS) is 15.5. The lowest BCUT2D eigenvalue weighted by Crippen LogP contribution is -2.29. The Hall–Kier alpha value is -2.41. The molecule has 3 N–H and O–H groups in total. The summed E-state index contributed by atoms with van der Waals surface area (Å²) < 4.78 is 1.66. The van der Waals surface area contributed by atoms with Crippen molar-refractivity contribution in [1.29, 1.82) is 0 Å². The van der Waals surface area contributed by atoms with Crippen LogP contribution in [-0.2, 0) is 0 Å². The lowest BCUT2D eigenvalue weighted by molar-refractivity contribution is 0.0947. The minimum absolute atomic E-state index is 0.0212. The van der Waals surface area contributed by atoms with E-state index in [4.69, 9.17) is 5.73 Å². The van der Waals surface area contributed by atoms with E-state index in [1.165, 1.54) is 43.4 Å². The number of hydrogen-bond acceptors (Lipinski definition) is 5. The van der Waals surface area contributed by atoms with Gasteiger partial charge in [0.05, 0.1) is 4.88 Å². The molecule has 0 aliphatic heterocycles. The first-order valence-electron chi connectivity index (χ1n) is 8.68. The maximum Gasteiger partial charge on any atom is 0.261 e. The molecule has 1 aliphatic rings. The fourth-order valence-corrected chi connectivity index (χ4v) is 4.23. The van der Waals surface area contributed by atoms with Crippen molar-refractivity contribution < 1.29 is 4.79 Å². The van der Waals surface area contributed by atoms with Crippen LogP contribution in [0, 0.1) is 5.92 Å². The summed E-state index contributed by atoms with van der Waals surface area (Å²) in [5, 5.41) is 9.22. The molecule has 0 atom stereocenters. The van der Waals surface area contributed by atoms with Crippen LogP contribution >= 0.6 is 11.3 Å². The highest BCUT2D eigenvalue weighted by Crippen LogP contribution is 2.27. The summed E-state index contributed by atoms with van der Waals surface area (Å²) in [5.74, 6) is 0.912. The van der Waals surface area contributed by atoms with Gasteiger partial charge in [-0.05, 0) is 47.9 Å². The first kappa shape index (κ1) is 16.1. The number of hydrogen-bond donors (Lipinski definition) is 2. The van der Waals surface area contributed by atoms with Crippen molar-refractivity contribution in [2.75, 3.05) is 12.3 Å². The van der Waals surface area contributed by atoms with Crippen molar-refractivity contribution in [3.63, 3.8) is 0 Å². The predicted molar refractivity (Wildman–Crippen MR) is 99.6 cm³/mol. The van der Waals surface area contributed by atoms with Crippen LogP contribution in [0.5, 0.6) is 0 Å². The van der Waals surface area contributed by atoms with E-state index >= 15 is 0 Å². The zero-order chi connectivity index (χ0) is 17.2. The van der Waals surface area contributed by atoms with Crippen molar-refractivity contribution >= 4 is 28.8 Å². The predicted octanol–water partition coefficient (Wildman–Crippen LogP) is 3.35. The number of fused-ring (bicyclic) bond motifs is 1. The third-order valence-electron chi connectivity index (χ3n) is 4.78. The van der Waals surface area contributed by atoms with E-state index in [1.54, 1.807) is 4.52 Å². The number of carbonyl (C=O) groups is 1. The number of pyridine rings is 1. The Kier molecular flexibility index (Phi) is 4.40. The van der Waals surface area contributed by atoms with Crippen LogP contribution < -0.4 is 11.1 Å². The average Bonchev–Trinajstić information content (AvgIpc) is 3.25. The first-order chi connectivity index (χ1) is 12.2. The quantitative estimate of drug-likeness (QED) is 0.751. The Labute approximate surface area is 150 Å². The molecule has 4 rings (SSSR count). The van der Waals surface area contributed by atoms with Crippen molar-refractivity contribution in [3.05, 3.63) is 34.7 Å². The van der Waals surface area contributed by atoms with Crippen LogP contribution in [0.2, 0.25) is 0 Å². The number of nitrogens with one attached hydrogen (secondary N) is 1. The van der Waals surface area contributed by atoms with Gasteiger partial charge in [-0.3, -0.25) is 4.79 Å². The third-order valence-corrected chi connectivity index (χ3v) is 5.71. The molecule has 1 amide bonds. The molecule has 25 heavy (non-hydrogen) atoms. The molecule has 1 aliphatic carbocycles. The van der Waals surface area contributed by atoms with Crippen molar-refractivity contribution in [1.82, 2.24) is 19.9 Å². The van der Waals surface area contributed by atoms with Crippen LogP contribution in [0.1, 0.15) is 41.8 Å². The fraction of sp³-hybridized carbons (Fsp3) is 0.389. The maximum atomic E-state index is 12.4. The minimum Gasteiger partial charge on any atom is -0.366 e. The Morgan fingerprint density at radius 2 is 2.12 bits per heavy atom. The maximum absolute atomic E-state index is 12.4. The van der Waals surface area contributed by atoms with Crippen molar-refractivity contribution in [3.8, 4) is 11.1 Å². The topological polar surface area (TPSA) is 85.3 Å². The molecule has 3 heterocycles. The lowest BCUT2D eigenvalue weighted by atomic mass is 9.89. The molecule has 0 saturated heterocycles. The summed E-state index contributed by atoms with van der Waals surface area (Å²) >= 11 is 1.47. The molecule has 0 spiro atoms. The van der Waals surface area contributed by atoms with Gasteiger partial charge >= 0.3 is 0 Å². The molecule has 7 heteroatoms. The van der Waals surface area contributed by atoms with Crippen LogP contribution in [0.15, 0.2) is 29.8 Å². The lowest BCUT2D eigenvalue weighted by Gasteiger charge is -2.21. The molecule has 0 bridgehead atoms. The van der Waals surface area contributed by atoms with Gasteiger partial charge in [-0.1, -0.05) is 19.3 Å². The molecule has 1 fully saturated rings. The van der Waals surface area contributed by atoms with E-state index in [1.807, 2.05) is 29.8 Å². The monoisotopic (exact) mass is 355 g/mol. The van der Waals surface area contributed by atoms with Gasteiger partial charge in [-0.15, -0.1) is 16.4 Å². The summed E-state index contributed by atoms with van der Waals surface area (Å²) in [6, 6.07) is 5.77. The molecule has 0 unspecified atom stereocenters. The highest BCUT2D eigenvalue weighted by Gasteiger charge is 2.16. The second-order valence-electron chi connectivity index (χ2n) is 6.60. The van der Waals surface area contributed by atoms with Gasteiger partial charge in [0.25, 0.3) is 5.91 Å². The number of nitrogen functional groups attached to an aromatic ring is 1. The minimum atomic E-state index is 0.0212. The number of nitrogens with zero attached hydrogens (tertiary/aromatic N) is 3. The second-order valence-corrected chi connectivity index (χ2v) is 7.52. The molecule has 1 saturated carbocycles. The Balaban J connectivity index is 1.45. The number of anilines is 1. The van der Waals surface area contributed by atoms with Gasteiger partial charge in [-0.25, -0.2) is 4.52 Å². The summed E-state index contributed by atoms with van der Waals surface area (Å²) in [4.78, 5) is 17.3. The number of amides is 1. The van der Waals surface area contributed by atoms with E-state index in [0.29, 0.717) is 11.6 Å². The number of nitrogens with two attached hydrogens (primary N) is 1. The van der Waals surface area contributed by atoms with E-state index < -0.39 is 0 Å². The molecule has 130 valence electrons. The molecular formula is C18H21N5OS. The zero-order valence-electron chi connectivity index (χ0n) is 13.9. The van der Waals surface area contributed by atoms with Crippen LogP contribution in [0.4, 0.5) is 5.95 Å². The Morgan fingerprint density at radius 3 is 2.96 bits per heavy atom. The standard InChI is InChI=1S/C18H21N5OS/c19-18-21-16-7-6-13(10-23(16)22-18)14-8-15(25-11-14)17(24)20-9-12-4-2-1-3-5-12/h6-8,10-12H,1-5,9H2,(H2,19,22)(H,20,24).